The van der Waals surface area contributed by atoms with Crippen LogP contribution in [0.5, 0.6) is 11.5 Å². The lowest BCUT2D eigenvalue weighted by Gasteiger charge is -2.10. The zero-order valence-corrected chi connectivity index (χ0v) is 13.9. The molecule has 0 aliphatic carbocycles. The second-order valence-corrected chi connectivity index (χ2v) is 5.88. The monoisotopic (exact) mass is 336 g/mol. The second-order valence-electron chi connectivity index (χ2n) is 5.88. The summed E-state index contributed by atoms with van der Waals surface area (Å²) in [6.07, 6.45) is 0. The summed E-state index contributed by atoms with van der Waals surface area (Å²) in [4.78, 5) is 12.3. The largest absolute Gasteiger partial charge is 0.507 e. The molecule has 0 fully saturated rings. The molecule has 0 amide bonds. The molecule has 3 aromatic rings. The van der Waals surface area contributed by atoms with Gasteiger partial charge in [0.25, 0.3) is 0 Å². The SMILES string of the molecule is Cc1cc(-c2cccc(C(=O)Oc3ccc(F)cc3)c2)cc(C)c1O. The fraction of sp³-hybridized carbons (Fsp3) is 0.0952. The maximum Gasteiger partial charge on any atom is 0.343 e. The Bertz CT molecular complexity index is 907. The number of hydrogen-bond donors (Lipinski definition) is 1. The van der Waals surface area contributed by atoms with Crippen molar-refractivity contribution in [2.24, 2.45) is 0 Å². The lowest BCUT2D eigenvalue weighted by atomic mass is 9.98. The number of halogens is 1. The van der Waals surface area contributed by atoms with Crippen LogP contribution in [0.1, 0.15) is 21.5 Å². The van der Waals surface area contributed by atoms with Crippen molar-refractivity contribution in [3.63, 3.8) is 0 Å². The topological polar surface area (TPSA) is 46.5 Å². The van der Waals surface area contributed by atoms with Gasteiger partial charge in [-0.2, -0.15) is 0 Å². The number of aromatic hydroxyl groups is 1. The Kier molecular flexibility index (Phi) is 4.52. The van der Waals surface area contributed by atoms with Crippen molar-refractivity contribution in [3.05, 3.63) is 83.2 Å². The summed E-state index contributed by atoms with van der Waals surface area (Å²) in [5.41, 5.74) is 3.69. The van der Waals surface area contributed by atoms with Crippen LogP contribution >= 0.6 is 0 Å². The third-order valence-electron chi connectivity index (χ3n) is 3.95. The molecule has 126 valence electrons. The molecule has 0 heterocycles. The first-order chi connectivity index (χ1) is 11.9. The van der Waals surface area contributed by atoms with E-state index in [1.807, 2.05) is 32.0 Å². The summed E-state index contributed by atoms with van der Waals surface area (Å²) >= 11 is 0. The van der Waals surface area contributed by atoms with Gasteiger partial charge in [0.1, 0.15) is 17.3 Å². The molecule has 3 aromatic carbocycles. The van der Waals surface area contributed by atoms with Crippen LogP contribution in [0.15, 0.2) is 60.7 Å². The van der Waals surface area contributed by atoms with Crippen molar-refractivity contribution < 1.29 is 19.0 Å². The average Bonchev–Trinajstić information content (AvgIpc) is 2.61. The van der Waals surface area contributed by atoms with Crippen molar-refractivity contribution in [3.8, 4) is 22.6 Å². The summed E-state index contributed by atoms with van der Waals surface area (Å²) in [5.74, 6) is -0.343. The number of aryl methyl sites for hydroxylation is 2. The van der Waals surface area contributed by atoms with E-state index >= 15 is 0 Å². The van der Waals surface area contributed by atoms with E-state index in [1.54, 1.807) is 18.2 Å². The Morgan fingerprint density at radius 2 is 1.56 bits per heavy atom. The van der Waals surface area contributed by atoms with E-state index in [-0.39, 0.29) is 17.3 Å². The van der Waals surface area contributed by atoms with Gasteiger partial charge in [-0.25, -0.2) is 9.18 Å². The van der Waals surface area contributed by atoms with E-state index in [0.717, 1.165) is 22.3 Å². The smallest absolute Gasteiger partial charge is 0.343 e. The van der Waals surface area contributed by atoms with Gasteiger partial charge in [0, 0.05) is 0 Å². The highest BCUT2D eigenvalue weighted by molar-refractivity contribution is 5.92. The van der Waals surface area contributed by atoms with Crippen molar-refractivity contribution in [2.45, 2.75) is 13.8 Å². The average molecular weight is 336 g/mol. The number of phenolic OH excluding ortho intramolecular Hbond substituents is 1. The molecule has 0 bridgehead atoms. The Hall–Kier alpha value is -3.14. The number of esters is 1. The van der Waals surface area contributed by atoms with Crippen molar-refractivity contribution in [2.75, 3.05) is 0 Å². The number of ether oxygens (including phenoxy) is 1. The van der Waals surface area contributed by atoms with Crippen molar-refractivity contribution in [1.29, 1.82) is 0 Å². The predicted octanol–water partition coefficient (Wildman–Crippen LogP) is 5.03. The van der Waals surface area contributed by atoms with Crippen LogP contribution in [-0.2, 0) is 0 Å². The van der Waals surface area contributed by atoms with Crippen LogP contribution in [0.4, 0.5) is 4.39 Å². The number of carbonyl (C=O) groups is 1. The number of carbonyl (C=O) groups excluding carboxylic acids is 1. The minimum atomic E-state index is -0.513. The molecule has 0 spiro atoms. The first-order valence-electron chi connectivity index (χ1n) is 7.82. The first-order valence-corrected chi connectivity index (χ1v) is 7.82. The van der Waals surface area contributed by atoms with E-state index in [2.05, 4.69) is 0 Å². The summed E-state index contributed by atoms with van der Waals surface area (Å²) in [6, 6.07) is 16.1. The van der Waals surface area contributed by atoms with E-state index in [4.69, 9.17) is 4.74 Å². The quantitative estimate of drug-likeness (QED) is 0.539. The summed E-state index contributed by atoms with van der Waals surface area (Å²) in [6.45, 7) is 3.66. The summed E-state index contributed by atoms with van der Waals surface area (Å²) in [7, 11) is 0. The molecule has 0 saturated heterocycles. The van der Waals surface area contributed by atoms with Gasteiger partial charge in [-0.05, 0) is 84.6 Å². The molecule has 0 atom stereocenters. The molecule has 25 heavy (non-hydrogen) atoms. The van der Waals surface area contributed by atoms with Crippen LogP contribution < -0.4 is 4.74 Å². The molecular weight excluding hydrogens is 319 g/mol. The zero-order valence-electron chi connectivity index (χ0n) is 13.9. The molecule has 4 heteroatoms. The van der Waals surface area contributed by atoms with E-state index in [0.29, 0.717) is 5.56 Å². The highest BCUT2D eigenvalue weighted by atomic mass is 19.1. The predicted molar refractivity (Wildman–Crippen MR) is 94.4 cm³/mol. The maximum atomic E-state index is 12.9. The van der Waals surface area contributed by atoms with Crippen LogP contribution in [0.25, 0.3) is 11.1 Å². The molecule has 0 aliphatic rings. The Labute approximate surface area is 145 Å². The first kappa shape index (κ1) is 16.7. The van der Waals surface area contributed by atoms with Gasteiger partial charge in [0.05, 0.1) is 5.56 Å². The molecule has 0 unspecified atom stereocenters. The van der Waals surface area contributed by atoms with Gasteiger partial charge in [-0.1, -0.05) is 12.1 Å². The molecule has 3 rings (SSSR count). The standard InChI is InChI=1S/C21H17FO3/c1-13-10-17(11-14(2)20(13)23)15-4-3-5-16(12-15)21(24)25-19-8-6-18(22)7-9-19/h3-12,23H,1-2H3. The number of phenols is 1. The van der Waals surface area contributed by atoms with E-state index in [9.17, 15) is 14.3 Å². The maximum absolute atomic E-state index is 12.9. The van der Waals surface area contributed by atoms with Gasteiger partial charge >= 0.3 is 5.97 Å². The molecule has 0 saturated carbocycles. The van der Waals surface area contributed by atoms with E-state index < -0.39 is 5.97 Å². The third kappa shape index (κ3) is 3.69. The normalized spacial score (nSPS) is 10.5. The zero-order chi connectivity index (χ0) is 18.0. The molecular formula is C21H17FO3. The molecule has 0 aliphatic heterocycles. The van der Waals surface area contributed by atoms with Gasteiger partial charge in [0.15, 0.2) is 0 Å². The van der Waals surface area contributed by atoms with Gasteiger partial charge in [-0.3, -0.25) is 0 Å². The van der Waals surface area contributed by atoms with Crippen LogP contribution in [0, 0.1) is 19.7 Å². The highest BCUT2D eigenvalue weighted by Crippen LogP contribution is 2.29. The summed E-state index contributed by atoms with van der Waals surface area (Å²) in [5, 5.41) is 9.90. The van der Waals surface area contributed by atoms with Gasteiger partial charge in [-0.15, -0.1) is 0 Å². The second kappa shape index (κ2) is 6.77. The van der Waals surface area contributed by atoms with E-state index in [1.165, 1.54) is 24.3 Å². The number of benzene rings is 3. The minimum Gasteiger partial charge on any atom is -0.507 e. The van der Waals surface area contributed by atoms with Gasteiger partial charge < -0.3 is 9.84 Å². The number of rotatable bonds is 3. The van der Waals surface area contributed by atoms with Crippen LogP contribution in [0.3, 0.4) is 0 Å². The number of hydrogen-bond acceptors (Lipinski definition) is 3. The molecule has 0 radical (unpaired) electrons. The highest BCUT2D eigenvalue weighted by Gasteiger charge is 2.11. The van der Waals surface area contributed by atoms with Crippen molar-refractivity contribution >= 4 is 5.97 Å². The minimum absolute atomic E-state index is 0.274. The fourth-order valence-corrected chi connectivity index (χ4v) is 2.62. The molecule has 3 nitrogen and oxygen atoms in total. The van der Waals surface area contributed by atoms with Crippen LogP contribution in [-0.4, -0.2) is 11.1 Å². The Morgan fingerprint density at radius 3 is 2.20 bits per heavy atom. The van der Waals surface area contributed by atoms with Crippen molar-refractivity contribution in [1.82, 2.24) is 0 Å². The third-order valence-corrected chi connectivity index (χ3v) is 3.95. The molecule has 0 aromatic heterocycles. The van der Waals surface area contributed by atoms with Crippen LogP contribution in [0.2, 0.25) is 0 Å². The molecule has 1 N–H and O–H groups in total. The van der Waals surface area contributed by atoms with Gasteiger partial charge in [0.2, 0.25) is 0 Å². The lowest BCUT2D eigenvalue weighted by molar-refractivity contribution is 0.0734. The Morgan fingerprint density at radius 1 is 0.920 bits per heavy atom. The fourth-order valence-electron chi connectivity index (χ4n) is 2.62. The Balaban J connectivity index is 1.88. The lowest BCUT2D eigenvalue weighted by Crippen LogP contribution is -2.08. The summed E-state index contributed by atoms with van der Waals surface area (Å²) < 4.78 is 18.2.